The summed E-state index contributed by atoms with van der Waals surface area (Å²) < 4.78 is 0. The second kappa shape index (κ2) is 3.50. The van der Waals surface area contributed by atoms with E-state index in [1.807, 2.05) is 6.07 Å². The van der Waals surface area contributed by atoms with Crippen LogP contribution in [0, 0.1) is 0 Å². The van der Waals surface area contributed by atoms with Gasteiger partial charge in [0.05, 0.1) is 11.8 Å². The van der Waals surface area contributed by atoms with Crippen LogP contribution < -0.4 is 0 Å². The zero-order valence-electron chi connectivity index (χ0n) is 7.99. The SMILES string of the molecule is c1cc(-c2cn[nH]n2)c(-c2nn[nH]n2)cn1. The summed E-state index contributed by atoms with van der Waals surface area (Å²) >= 11 is 0. The molecule has 0 amide bonds. The topological polar surface area (TPSA) is 109 Å². The average molecular weight is 214 g/mol. The molecule has 78 valence electrons. The highest BCUT2D eigenvalue weighted by Crippen LogP contribution is 2.26. The van der Waals surface area contributed by atoms with Crippen molar-refractivity contribution in [1.82, 2.24) is 41.0 Å². The summed E-state index contributed by atoms with van der Waals surface area (Å²) in [6.45, 7) is 0. The van der Waals surface area contributed by atoms with Crippen LogP contribution in [0.4, 0.5) is 0 Å². The molecule has 0 aliphatic heterocycles. The summed E-state index contributed by atoms with van der Waals surface area (Å²) in [5.41, 5.74) is 2.32. The molecule has 2 N–H and O–H groups in total. The van der Waals surface area contributed by atoms with E-state index in [-0.39, 0.29) is 0 Å². The third-order valence-corrected chi connectivity index (χ3v) is 2.10. The molecule has 0 saturated carbocycles. The normalized spacial score (nSPS) is 10.5. The minimum atomic E-state index is 0.478. The summed E-state index contributed by atoms with van der Waals surface area (Å²) in [4.78, 5) is 4.03. The van der Waals surface area contributed by atoms with Crippen molar-refractivity contribution in [3.05, 3.63) is 24.7 Å². The Hall–Kier alpha value is -2.64. The average Bonchev–Trinajstić information content (AvgIpc) is 3.03. The minimum Gasteiger partial charge on any atom is -0.264 e. The Bertz CT molecular complexity index is 517. The summed E-state index contributed by atoms with van der Waals surface area (Å²) in [6.07, 6.45) is 4.96. The minimum absolute atomic E-state index is 0.478. The number of hydrogen-bond donors (Lipinski definition) is 2. The molecule has 16 heavy (non-hydrogen) atoms. The van der Waals surface area contributed by atoms with Crippen LogP contribution in [0.2, 0.25) is 0 Å². The summed E-state index contributed by atoms with van der Waals surface area (Å²) in [5, 5.41) is 24.1. The van der Waals surface area contributed by atoms with Gasteiger partial charge in [-0.1, -0.05) is 0 Å². The lowest BCUT2D eigenvalue weighted by Crippen LogP contribution is -1.89. The van der Waals surface area contributed by atoms with Crippen LogP contribution in [0.1, 0.15) is 0 Å². The smallest absolute Gasteiger partial charge is 0.206 e. The molecule has 3 heterocycles. The first kappa shape index (κ1) is 8.65. The molecule has 8 heteroatoms. The van der Waals surface area contributed by atoms with Crippen molar-refractivity contribution in [2.45, 2.75) is 0 Å². The number of tetrazole rings is 1. The molecule has 0 atom stereocenters. The van der Waals surface area contributed by atoms with E-state index in [2.05, 4.69) is 41.0 Å². The van der Waals surface area contributed by atoms with Crippen molar-refractivity contribution in [1.29, 1.82) is 0 Å². The van der Waals surface area contributed by atoms with Crippen LogP contribution in [-0.4, -0.2) is 41.0 Å². The Morgan fingerprint density at radius 1 is 1.00 bits per heavy atom. The molecular weight excluding hydrogens is 208 g/mol. The predicted octanol–water partition coefficient (Wildman–Crippen LogP) is 0.0468. The van der Waals surface area contributed by atoms with Gasteiger partial charge >= 0.3 is 0 Å². The van der Waals surface area contributed by atoms with Gasteiger partial charge in [-0.15, -0.1) is 10.2 Å². The molecule has 0 bridgehead atoms. The first-order chi connectivity index (χ1) is 7.95. The highest BCUT2D eigenvalue weighted by Gasteiger charge is 2.12. The summed E-state index contributed by atoms with van der Waals surface area (Å²) in [6, 6.07) is 1.82. The standard InChI is InChI=1S/C8H6N8/c1-2-9-3-6(8-12-15-16-13-8)5(1)7-4-10-14-11-7/h1-4H,(H,10,11,14)(H,12,13,15,16). The van der Waals surface area contributed by atoms with E-state index < -0.39 is 0 Å². The van der Waals surface area contributed by atoms with Crippen LogP contribution in [-0.2, 0) is 0 Å². The molecule has 0 aliphatic rings. The highest BCUT2D eigenvalue weighted by atomic mass is 15.5. The zero-order valence-corrected chi connectivity index (χ0v) is 7.99. The van der Waals surface area contributed by atoms with Gasteiger partial charge < -0.3 is 0 Å². The molecule has 0 fully saturated rings. The van der Waals surface area contributed by atoms with Crippen molar-refractivity contribution in [3.8, 4) is 22.6 Å². The van der Waals surface area contributed by atoms with Crippen molar-refractivity contribution in [2.24, 2.45) is 0 Å². The van der Waals surface area contributed by atoms with E-state index >= 15 is 0 Å². The second-order valence-electron chi connectivity index (χ2n) is 3.01. The van der Waals surface area contributed by atoms with Gasteiger partial charge in [-0.2, -0.15) is 20.6 Å². The van der Waals surface area contributed by atoms with Crippen LogP contribution in [0.25, 0.3) is 22.6 Å². The molecule has 3 aromatic heterocycles. The lowest BCUT2D eigenvalue weighted by Gasteiger charge is -2.00. The fourth-order valence-corrected chi connectivity index (χ4v) is 1.40. The number of aromatic nitrogens is 8. The third kappa shape index (κ3) is 1.32. The molecule has 0 unspecified atom stereocenters. The monoisotopic (exact) mass is 214 g/mol. The van der Waals surface area contributed by atoms with Crippen LogP contribution >= 0.6 is 0 Å². The van der Waals surface area contributed by atoms with E-state index in [1.165, 1.54) is 0 Å². The largest absolute Gasteiger partial charge is 0.264 e. The Balaban J connectivity index is 2.19. The van der Waals surface area contributed by atoms with Crippen molar-refractivity contribution in [3.63, 3.8) is 0 Å². The van der Waals surface area contributed by atoms with Gasteiger partial charge in [-0.05, 0) is 11.3 Å². The number of aromatic amines is 2. The maximum absolute atomic E-state index is 4.03. The first-order valence-electron chi connectivity index (χ1n) is 4.49. The van der Waals surface area contributed by atoms with E-state index in [4.69, 9.17) is 0 Å². The Morgan fingerprint density at radius 2 is 2.00 bits per heavy atom. The maximum Gasteiger partial charge on any atom is 0.206 e. The first-order valence-corrected chi connectivity index (χ1v) is 4.49. The molecule has 0 saturated heterocycles. The van der Waals surface area contributed by atoms with Crippen molar-refractivity contribution < 1.29 is 0 Å². The number of H-pyrrole nitrogens is 2. The fourth-order valence-electron chi connectivity index (χ4n) is 1.40. The van der Waals surface area contributed by atoms with Crippen LogP contribution in [0.5, 0.6) is 0 Å². The van der Waals surface area contributed by atoms with Gasteiger partial charge in [0.1, 0.15) is 5.69 Å². The molecule has 0 spiro atoms. The number of nitrogens with one attached hydrogen (secondary N) is 2. The number of nitrogens with zero attached hydrogens (tertiary/aromatic N) is 6. The predicted molar refractivity (Wildman–Crippen MR) is 52.8 cm³/mol. The molecule has 8 nitrogen and oxygen atoms in total. The van der Waals surface area contributed by atoms with Gasteiger partial charge in [-0.25, -0.2) is 0 Å². The molecule has 3 aromatic rings. The van der Waals surface area contributed by atoms with E-state index in [0.717, 1.165) is 11.1 Å². The third-order valence-electron chi connectivity index (χ3n) is 2.10. The van der Waals surface area contributed by atoms with E-state index in [0.29, 0.717) is 11.5 Å². The summed E-state index contributed by atoms with van der Waals surface area (Å²) in [5.74, 6) is 0.478. The second-order valence-corrected chi connectivity index (χ2v) is 3.01. The van der Waals surface area contributed by atoms with E-state index in [1.54, 1.807) is 18.6 Å². The Kier molecular flexibility index (Phi) is 1.89. The van der Waals surface area contributed by atoms with E-state index in [9.17, 15) is 0 Å². The van der Waals surface area contributed by atoms with Crippen molar-refractivity contribution >= 4 is 0 Å². The zero-order chi connectivity index (χ0) is 10.8. The van der Waals surface area contributed by atoms with Crippen LogP contribution in [0.15, 0.2) is 24.7 Å². The van der Waals surface area contributed by atoms with Crippen molar-refractivity contribution in [2.75, 3.05) is 0 Å². The van der Waals surface area contributed by atoms with Gasteiger partial charge in [0.15, 0.2) is 0 Å². The molecule has 3 rings (SSSR count). The number of hydrogen-bond acceptors (Lipinski definition) is 6. The van der Waals surface area contributed by atoms with Crippen LogP contribution in [0.3, 0.4) is 0 Å². The van der Waals surface area contributed by atoms with Gasteiger partial charge in [0, 0.05) is 18.0 Å². The van der Waals surface area contributed by atoms with Gasteiger partial charge in [-0.3, -0.25) is 4.98 Å². The summed E-state index contributed by atoms with van der Waals surface area (Å²) in [7, 11) is 0. The highest BCUT2D eigenvalue weighted by molar-refractivity contribution is 5.76. The number of pyridine rings is 1. The lowest BCUT2D eigenvalue weighted by atomic mass is 10.1. The quantitative estimate of drug-likeness (QED) is 0.623. The van der Waals surface area contributed by atoms with Gasteiger partial charge in [0.25, 0.3) is 0 Å². The molecular formula is C8H6N8. The Labute approximate surface area is 89.1 Å². The lowest BCUT2D eigenvalue weighted by molar-refractivity contribution is 0.881. The Morgan fingerprint density at radius 3 is 2.75 bits per heavy atom. The molecule has 0 aliphatic carbocycles. The molecule has 0 aromatic carbocycles. The number of rotatable bonds is 2. The maximum atomic E-state index is 4.03. The molecule has 0 radical (unpaired) electrons. The fraction of sp³-hybridized carbons (Fsp3) is 0. The van der Waals surface area contributed by atoms with Gasteiger partial charge in [0.2, 0.25) is 5.82 Å².